The number of nitrogens with zero attached hydrogens (tertiary/aromatic N) is 1. The molecule has 2 aromatic carbocycles. The highest BCUT2D eigenvalue weighted by Gasteiger charge is 2.30. The summed E-state index contributed by atoms with van der Waals surface area (Å²) in [6, 6.07) is 11.3. The van der Waals surface area contributed by atoms with Crippen molar-refractivity contribution in [2.75, 3.05) is 11.9 Å². The van der Waals surface area contributed by atoms with Gasteiger partial charge in [0.1, 0.15) is 5.82 Å². The molecule has 1 aliphatic carbocycles. The average Bonchev–Trinajstić information content (AvgIpc) is 3.37. The number of anilines is 1. The van der Waals surface area contributed by atoms with E-state index in [0.717, 1.165) is 29.7 Å². The predicted molar refractivity (Wildman–Crippen MR) is 99.1 cm³/mol. The lowest BCUT2D eigenvalue weighted by Gasteiger charge is -2.22. The van der Waals surface area contributed by atoms with Crippen molar-refractivity contribution >= 4 is 11.6 Å². The van der Waals surface area contributed by atoms with Crippen LogP contribution in [0, 0.1) is 26.6 Å². The molecule has 4 heteroatoms. The van der Waals surface area contributed by atoms with Gasteiger partial charge in [-0.25, -0.2) is 4.39 Å². The van der Waals surface area contributed by atoms with Crippen molar-refractivity contribution < 1.29 is 9.18 Å². The van der Waals surface area contributed by atoms with Gasteiger partial charge in [-0.15, -0.1) is 0 Å². The van der Waals surface area contributed by atoms with Crippen molar-refractivity contribution in [2.45, 2.75) is 46.2 Å². The van der Waals surface area contributed by atoms with Crippen LogP contribution in [-0.4, -0.2) is 23.4 Å². The molecule has 132 valence electrons. The lowest BCUT2D eigenvalue weighted by atomic mass is 10.1. The van der Waals surface area contributed by atoms with E-state index in [9.17, 15) is 9.18 Å². The van der Waals surface area contributed by atoms with Crippen LogP contribution in [0.3, 0.4) is 0 Å². The van der Waals surface area contributed by atoms with Gasteiger partial charge in [0.2, 0.25) is 5.91 Å². The Morgan fingerprint density at radius 2 is 1.80 bits per heavy atom. The maximum absolute atomic E-state index is 13.9. The van der Waals surface area contributed by atoms with E-state index in [-0.39, 0.29) is 18.3 Å². The fourth-order valence-electron chi connectivity index (χ4n) is 3.34. The van der Waals surface area contributed by atoms with Crippen LogP contribution in [0.4, 0.5) is 10.1 Å². The minimum atomic E-state index is -0.209. The highest BCUT2D eigenvalue weighted by Crippen LogP contribution is 2.29. The minimum Gasteiger partial charge on any atom is -0.324 e. The van der Waals surface area contributed by atoms with Crippen LogP contribution in [0.15, 0.2) is 36.4 Å². The Morgan fingerprint density at radius 1 is 1.16 bits per heavy atom. The van der Waals surface area contributed by atoms with Gasteiger partial charge in [-0.2, -0.15) is 0 Å². The van der Waals surface area contributed by atoms with Crippen molar-refractivity contribution in [1.82, 2.24) is 4.90 Å². The van der Waals surface area contributed by atoms with Crippen molar-refractivity contribution in [1.29, 1.82) is 0 Å². The normalized spacial score (nSPS) is 14.0. The van der Waals surface area contributed by atoms with Crippen molar-refractivity contribution in [3.63, 3.8) is 0 Å². The molecule has 0 saturated heterocycles. The summed E-state index contributed by atoms with van der Waals surface area (Å²) in [5, 5.41) is 3.04. The van der Waals surface area contributed by atoms with Gasteiger partial charge < -0.3 is 5.32 Å². The third-order valence-electron chi connectivity index (χ3n) is 4.68. The molecule has 0 unspecified atom stereocenters. The molecule has 1 fully saturated rings. The maximum atomic E-state index is 13.9. The van der Waals surface area contributed by atoms with E-state index >= 15 is 0 Å². The van der Waals surface area contributed by atoms with Gasteiger partial charge in [0.25, 0.3) is 0 Å². The molecule has 1 amide bonds. The lowest BCUT2D eigenvalue weighted by Crippen LogP contribution is -2.35. The fraction of sp³-hybridized carbons (Fsp3) is 0.381. The van der Waals surface area contributed by atoms with Crippen LogP contribution in [0.5, 0.6) is 0 Å². The molecular weight excluding hydrogens is 315 g/mol. The van der Waals surface area contributed by atoms with Gasteiger partial charge in [-0.1, -0.05) is 35.9 Å². The van der Waals surface area contributed by atoms with Crippen LogP contribution in [0.1, 0.15) is 35.1 Å². The summed E-state index contributed by atoms with van der Waals surface area (Å²) in [5.74, 6) is -0.253. The van der Waals surface area contributed by atoms with E-state index in [0.29, 0.717) is 18.2 Å². The van der Waals surface area contributed by atoms with Crippen molar-refractivity contribution in [2.24, 2.45) is 0 Å². The minimum absolute atomic E-state index is 0.0432. The Bertz CT molecular complexity index is 760. The molecule has 0 bridgehead atoms. The predicted octanol–water partition coefficient (Wildman–Crippen LogP) is 4.35. The summed E-state index contributed by atoms with van der Waals surface area (Å²) in [7, 11) is 0. The molecule has 0 heterocycles. The van der Waals surface area contributed by atoms with Crippen molar-refractivity contribution in [3.8, 4) is 0 Å². The zero-order chi connectivity index (χ0) is 18.0. The Balaban J connectivity index is 1.69. The molecule has 1 aliphatic rings. The van der Waals surface area contributed by atoms with E-state index in [1.54, 1.807) is 12.1 Å². The number of carbonyl (C=O) groups is 1. The monoisotopic (exact) mass is 340 g/mol. The maximum Gasteiger partial charge on any atom is 0.238 e. The number of aryl methyl sites for hydroxylation is 3. The van der Waals surface area contributed by atoms with E-state index < -0.39 is 0 Å². The van der Waals surface area contributed by atoms with Crippen LogP contribution in [0.25, 0.3) is 0 Å². The molecule has 25 heavy (non-hydrogen) atoms. The second-order valence-electron chi connectivity index (χ2n) is 7.05. The third kappa shape index (κ3) is 4.45. The summed E-state index contributed by atoms with van der Waals surface area (Å²) in [6.45, 7) is 6.82. The van der Waals surface area contributed by atoms with E-state index in [4.69, 9.17) is 0 Å². The van der Waals surface area contributed by atoms with Gasteiger partial charge in [0.15, 0.2) is 0 Å². The fourth-order valence-corrected chi connectivity index (χ4v) is 3.34. The first-order valence-corrected chi connectivity index (χ1v) is 8.79. The number of hydrogen-bond donors (Lipinski definition) is 1. The molecule has 1 N–H and O–H groups in total. The molecule has 0 spiro atoms. The molecule has 0 aromatic heterocycles. The highest BCUT2D eigenvalue weighted by atomic mass is 19.1. The zero-order valence-electron chi connectivity index (χ0n) is 15.1. The first-order chi connectivity index (χ1) is 11.9. The molecule has 2 aromatic rings. The second-order valence-corrected chi connectivity index (χ2v) is 7.05. The summed E-state index contributed by atoms with van der Waals surface area (Å²) >= 11 is 0. The standard InChI is InChI=1S/C21H25FN2O/c1-14-10-15(2)21(16(3)11-14)23-20(25)13-24(18-8-9-18)12-17-6-4-5-7-19(17)22/h4-7,10-11,18H,8-9,12-13H2,1-3H3,(H,23,25). The Kier molecular flexibility index (Phi) is 5.19. The summed E-state index contributed by atoms with van der Waals surface area (Å²) < 4.78 is 13.9. The summed E-state index contributed by atoms with van der Waals surface area (Å²) in [6.07, 6.45) is 2.15. The van der Waals surface area contributed by atoms with Gasteiger partial charge in [0, 0.05) is 23.8 Å². The molecule has 0 aliphatic heterocycles. The van der Waals surface area contributed by atoms with Gasteiger partial charge in [-0.3, -0.25) is 9.69 Å². The lowest BCUT2D eigenvalue weighted by molar-refractivity contribution is -0.117. The van der Waals surface area contributed by atoms with Crippen LogP contribution in [0.2, 0.25) is 0 Å². The SMILES string of the molecule is Cc1cc(C)c(NC(=O)CN(Cc2ccccc2F)C2CC2)c(C)c1. The molecular formula is C21H25FN2O. The number of rotatable bonds is 6. The number of hydrogen-bond acceptors (Lipinski definition) is 2. The Hall–Kier alpha value is -2.20. The molecule has 3 nitrogen and oxygen atoms in total. The van der Waals surface area contributed by atoms with Crippen LogP contribution >= 0.6 is 0 Å². The number of nitrogens with one attached hydrogen (secondary N) is 1. The van der Waals surface area contributed by atoms with Gasteiger partial charge >= 0.3 is 0 Å². The van der Waals surface area contributed by atoms with Gasteiger partial charge in [0.05, 0.1) is 6.54 Å². The van der Waals surface area contributed by atoms with E-state index in [1.807, 2.05) is 19.9 Å². The van der Waals surface area contributed by atoms with E-state index in [2.05, 4.69) is 29.3 Å². The smallest absolute Gasteiger partial charge is 0.238 e. The summed E-state index contributed by atoms with van der Waals surface area (Å²) in [4.78, 5) is 14.6. The first kappa shape index (κ1) is 17.6. The topological polar surface area (TPSA) is 32.3 Å². The second kappa shape index (κ2) is 7.36. The first-order valence-electron chi connectivity index (χ1n) is 8.79. The van der Waals surface area contributed by atoms with Crippen LogP contribution in [-0.2, 0) is 11.3 Å². The van der Waals surface area contributed by atoms with E-state index in [1.165, 1.54) is 11.6 Å². The Labute approximate surface area is 148 Å². The quantitative estimate of drug-likeness (QED) is 0.848. The molecule has 0 radical (unpaired) electrons. The molecule has 0 atom stereocenters. The van der Waals surface area contributed by atoms with Crippen molar-refractivity contribution in [3.05, 3.63) is 64.5 Å². The van der Waals surface area contributed by atoms with Crippen LogP contribution < -0.4 is 5.32 Å². The molecule has 1 saturated carbocycles. The molecule has 3 rings (SSSR count). The Morgan fingerprint density at radius 3 is 2.40 bits per heavy atom. The number of amides is 1. The third-order valence-corrected chi connectivity index (χ3v) is 4.68. The number of benzene rings is 2. The van der Waals surface area contributed by atoms with Gasteiger partial charge in [-0.05, 0) is 50.8 Å². The number of carbonyl (C=O) groups excluding carboxylic acids is 1. The number of halogens is 1. The summed E-state index contributed by atoms with van der Waals surface area (Å²) in [5.41, 5.74) is 4.85. The highest BCUT2D eigenvalue weighted by molar-refractivity contribution is 5.93. The largest absolute Gasteiger partial charge is 0.324 e. The average molecular weight is 340 g/mol. The zero-order valence-corrected chi connectivity index (χ0v) is 15.1.